The van der Waals surface area contributed by atoms with Gasteiger partial charge in [0.15, 0.2) is 4.77 Å². The maximum absolute atomic E-state index is 11.5. The van der Waals surface area contributed by atoms with Gasteiger partial charge in [0.1, 0.15) is 0 Å². The van der Waals surface area contributed by atoms with Crippen LogP contribution in [0, 0.1) is 11.7 Å². The fourth-order valence-electron chi connectivity index (χ4n) is 1.48. The van der Waals surface area contributed by atoms with E-state index in [0.717, 1.165) is 30.5 Å². The Labute approximate surface area is 88.6 Å². The van der Waals surface area contributed by atoms with Crippen molar-refractivity contribution >= 4 is 12.2 Å². The summed E-state index contributed by atoms with van der Waals surface area (Å²) in [5.41, 5.74) is 1.70. The summed E-state index contributed by atoms with van der Waals surface area (Å²) >= 11 is 4.87. The first-order valence-corrected chi connectivity index (χ1v) is 5.38. The van der Waals surface area contributed by atoms with E-state index in [1.54, 1.807) is 0 Å². The average Bonchev–Trinajstić information content (AvgIpc) is 2.09. The summed E-state index contributed by atoms with van der Waals surface area (Å²) in [6.07, 6.45) is 4.22. The molecule has 1 aromatic rings. The summed E-state index contributed by atoms with van der Waals surface area (Å²) in [5, 5.41) is 0. The van der Waals surface area contributed by atoms with Crippen molar-refractivity contribution in [2.75, 3.05) is 0 Å². The minimum atomic E-state index is -0.0395. The third kappa shape index (κ3) is 2.80. The van der Waals surface area contributed by atoms with Crippen LogP contribution in [0.2, 0.25) is 0 Å². The second kappa shape index (κ2) is 5.10. The molecule has 4 heteroatoms. The van der Waals surface area contributed by atoms with Gasteiger partial charge in [0.25, 0.3) is 5.56 Å². The van der Waals surface area contributed by atoms with Gasteiger partial charge in [-0.15, -0.1) is 0 Å². The normalized spacial score (nSPS) is 10.4. The average molecular weight is 212 g/mol. The van der Waals surface area contributed by atoms with E-state index in [2.05, 4.69) is 16.9 Å². The number of hydrogen-bond acceptors (Lipinski definition) is 2. The first-order chi connectivity index (χ1) is 6.65. The maximum Gasteiger partial charge on any atom is 0.255 e. The van der Waals surface area contributed by atoms with Crippen LogP contribution in [0.1, 0.15) is 37.4 Å². The van der Waals surface area contributed by atoms with Gasteiger partial charge in [0.2, 0.25) is 0 Å². The molecule has 78 valence electrons. The smallest absolute Gasteiger partial charge is 0.255 e. The summed E-state index contributed by atoms with van der Waals surface area (Å²) < 4.78 is 0.409. The Morgan fingerprint density at radius 2 is 2.00 bits per heavy atom. The monoisotopic (exact) mass is 212 g/mol. The molecule has 0 saturated carbocycles. The zero-order valence-corrected chi connectivity index (χ0v) is 9.46. The Kier molecular flexibility index (Phi) is 4.07. The molecule has 0 fully saturated rings. The van der Waals surface area contributed by atoms with E-state index in [9.17, 15) is 4.79 Å². The number of unbranched alkanes of at least 4 members (excludes halogenated alkanes) is 2. The highest BCUT2D eigenvalue weighted by Gasteiger charge is 2.03. The van der Waals surface area contributed by atoms with Crippen LogP contribution in [-0.4, -0.2) is 9.97 Å². The topological polar surface area (TPSA) is 48.6 Å². The van der Waals surface area contributed by atoms with Gasteiger partial charge in [-0.25, -0.2) is 0 Å². The van der Waals surface area contributed by atoms with Gasteiger partial charge in [-0.05, 0) is 32.0 Å². The standard InChI is InChI=1S/C10H16N2OS/c1-3-4-5-6-8-7(2)11-10(14)12-9(8)13/h3-6H2,1-2H3,(H2,11,12,13,14). The molecule has 0 radical (unpaired) electrons. The van der Waals surface area contributed by atoms with Crippen molar-refractivity contribution < 1.29 is 0 Å². The lowest BCUT2D eigenvalue weighted by molar-refractivity contribution is 0.706. The Bertz CT molecular complexity index is 405. The Morgan fingerprint density at radius 3 is 2.57 bits per heavy atom. The van der Waals surface area contributed by atoms with Crippen molar-refractivity contribution in [1.29, 1.82) is 0 Å². The molecule has 0 saturated heterocycles. The quantitative estimate of drug-likeness (QED) is 0.595. The van der Waals surface area contributed by atoms with Gasteiger partial charge in [-0.2, -0.15) is 0 Å². The minimum absolute atomic E-state index is 0.0395. The molecular weight excluding hydrogens is 196 g/mol. The van der Waals surface area contributed by atoms with E-state index in [0.29, 0.717) is 4.77 Å². The molecule has 0 aliphatic heterocycles. The van der Waals surface area contributed by atoms with Crippen molar-refractivity contribution in [3.05, 3.63) is 26.4 Å². The summed E-state index contributed by atoms with van der Waals surface area (Å²) in [6, 6.07) is 0. The molecule has 0 amide bonds. The Hall–Kier alpha value is -0.900. The minimum Gasteiger partial charge on any atom is -0.336 e. The summed E-state index contributed by atoms with van der Waals surface area (Å²) in [4.78, 5) is 17.1. The third-order valence-corrected chi connectivity index (χ3v) is 2.49. The lowest BCUT2D eigenvalue weighted by Crippen LogP contribution is -2.16. The molecule has 3 nitrogen and oxygen atoms in total. The predicted octanol–water partition coefficient (Wildman–Crippen LogP) is 2.47. The van der Waals surface area contributed by atoms with Gasteiger partial charge < -0.3 is 4.98 Å². The molecule has 0 aliphatic carbocycles. The molecule has 1 aromatic heterocycles. The molecule has 2 N–H and O–H groups in total. The van der Waals surface area contributed by atoms with Crippen molar-refractivity contribution in [2.24, 2.45) is 0 Å². The number of aryl methyl sites for hydroxylation is 1. The maximum atomic E-state index is 11.5. The fourth-order valence-corrected chi connectivity index (χ4v) is 1.72. The first-order valence-electron chi connectivity index (χ1n) is 4.97. The van der Waals surface area contributed by atoms with Crippen LogP contribution in [0.3, 0.4) is 0 Å². The van der Waals surface area contributed by atoms with Crippen LogP contribution in [0.15, 0.2) is 4.79 Å². The number of hydrogen-bond donors (Lipinski definition) is 2. The van der Waals surface area contributed by atoms with Crippen LogP contribution in [0.25, 0.3) is 0 Å². The second-order valence-electron chi connectivity index (χ2n) is 3.47. The highest BCUT2D eigenvalue weighted by atomic mass is 32.1. The van der Waals surface area contributed by atoms with Crippen LogP contribution < -0.4 is 5.56 Å². The molecule has 0 spiro atoms. The van der Waals surface area contributed by atoms with Gasteiger partial charge in [-0.3, -0.25) is 9.78 Å². The summed E-state index contributed by atoms with van der Waals surface area (Å²) in [5.74, 6) is 0. The zero-order valence-electron chi connectivity index (χ0n) is 8.64. The molecule has 14 heavy (non-hydrogen) atoms. The second-order valence-corrected chi connectivity index (χ2v) is 3.88. The number of aromatic amines is 2. The molecule has 0 atom stereocenters. The molecule has 0 unspecified atom stereocenters. The Balaban J connectivity index is 2.86. The zero-order chi connectivity index (χ0) is 10.6. The lowest BCUT2D eigenvalue weighted by atomic mass is 10.1. The van der Waals surface area contributed by atoms with Crippen LogP contribution in [0.4, 0.5) is 0 Å². The van der Waals surface area contributed by atoms with E-state index in [1.165, 1.54) is 6.42 Å². The van der Waals surface area contributed by atoms with Crippen molar-refractivity contribution in [1.82, 2.24) is 9.97 Å². The highest BCUT2D eigenvalue weighted by Crippen LogP contribution is 2.04. The van der Waals surface area contributed by atoms with E-state index in [4.69, 9.17) is 12.2 Å². The summed E-state index contributed by atoms with van der Waals surface area (Å²) in [6.45, 7) is 4.04. The fraction of sp³-hybridized carbons (Fsp3) is 0.600. The number of aromatic nitrogens is 2. The first kappa shape index (κ1) is 11.2. The lowest BCUT2D eigenvalue weighted by Gasteiger charge is -2.03. The van der Waals surface area contributed by atoms with Crippen molar-refractivity contribution in [3.8, 4) is 0 Å². The Morgan fingerprint density at radius 1 is 1.29 bits per heavy atom. The van der Waals surface area contributed by atoms with Crippen LogP contribution in [-0.2, 0) is 6.42 Å². The van der Waals surface area contributed by atoms with Gasteiger partial charge in [0.05, 0.1) is 0 Å². The van der Waals surface area contributed by atoms with Gasteiger partial charge >= 0.3 is 0 Å². The van der Waals surface area contributed by atoms with Crippen LogP contribution >= 0.6 is 12.2 Å². The molecule has 1 rings (SSSR count). The van der Waals surface area contributed by atoms with Gasteiger partial charge in [-0.1, -0.05) is 19.8 Å². The van der Waals surface area contributed by atoms with Crippen molar-refractivity contribution in [2.45, 2.75) is 39.5 Å². The molecule has 0 aliphatic rings. The van der Waals surface area contributed by atoms with E-state index in [-0.39, 0.29) is 5.56 Å². The number of rotatable bonds is 4. The highest BCUT2D eigenvalue weighted by molar-refractivity contribution is 7.71. The van der Waals surface area contributed by atoms with Crippen molar-refractivity contribution in [3.63, 3.8) is 0 Å². The van der Waals surface area contributed by atoms with E-state index in [1.807, 2.05) is 6.92 Å². The van der Waals surface area contributed by atoms with Gasteiger partial charge in [0, 0.05) is 11.3 Å². The SMILES string of the molecule is CCCCCc1c(C)[nH]c(=S)[nH]c1=O. The molecular formula is C10H16N2OS. The molecule has 0 bridgehead atoms. The predicted molar refractivity (Wildman–Crippen MR) is 60.2 cm³/mol. The molecule has 0 aromatic carbocycles. The van der Waals surface area contributed by atoms with Crippen LogP contribution in [0.5, 0.6) is 0 Å². The summed E-state index contributed by atoms with van der Waals surface area (Å²) in [7, 11) is 0. The number of H-pyrrole nitrogens is 2. The molecule has 1 heterocycles. The number of nitrogens with one attached hydrogen (secondary N) is 2. The largest absolute Gasteiger partial charge is 0.336 e. The third-order valence-electron chi connectivity index (χ3n) is 2.29. The van der Waals surface area contributed by atoms with E-state index >= 15 is 0 Å². The van der Waals surface area contributed by atoms with E-state index < -0.39 is 0 Å².